The van der Waals surface area contributed by atoms with Gasteiger partial charge in [-0.15, -0.1) is 0 Å². The number of hydrogen-bond donors (Lipinski definition) is 0. The van der Waals surface area contributed by atoms with Gasteiger partial charge in [-0.2, -0.15) is 5.06 Å². The van der Waals surface area contributed by atoms with Gasteiger partial charge in [-0.25, -0.2) is 0 Å². The van der Waals surface area contributed by atoms with Crippen LogP contribution in [0.15, 0.2) is 0 Å². The monoisotopic (exact) mass is 173 g/mol. The molecule has 0 saturated heterocycles. The van der Waals surface area contributed by atoms with Gasteiger partial charge in [0.1, 0.15) is 0 Å². The van der Waals surface area contributed by atoms with Crippen LogP contribution >= 0.6 is 0 Å². The van der Waals surface area contributed by atoms with E-state index in [2.05, 4.69) is 32.8 Å². The van der Waals surface area contributed by atoms with Crippen molar-refractivity contribution in [3.05, 3.63) is 0 Å². The van der Waals surface area contributed by atoms with Gasteiger partial charge in [-0.05, 0) is 19.3 Å². The quantitative estimate of drug-likeness (QED) is 0.573. The number of nitrogens with zero attached hydrogens (tertiary/aromatic N) is 1. The summed E-state index contributed by atoms with van der Waals surface area (Å²) in [5.41, 5.74) is 0.253. The molecule has 2 nitrogen and oxygen atoms in total. The largest absolute Gasteiger partial charge is 0.302 e. The second-order valence-corrected chi connectivity index (χ2v) is 3.16. The molecule has 0 unspecified atom stereocenters. The summed E-state index contributed by atoms with van der Waals surface area (Å²) in [6.45, 7) is 9.79. The van der Waals surface area contributed by atoms with Crippen molar-refractivity contribution in [3.63, 3.8) is 0 Å². The first kappa shape index (κ1) is 11.9. The molecule has 0 heterocycles. The average Bonchev–Trinajstić information content (AvgIpc) is 2.14. The molecule has 0 N–H and O–H groups in total. The van der Waals surface area contributed by atoms with Crippen LogP contribution in [0.4, 0.5) is 0 Å². The first-order valence-electron chi connectivity index (χ1n) is 5.02. The highest BCUT2D eigenvalue weighted by Crippen LogP contribution is 2.27. The maximum Gasteiger partial charge on any atom is 0.0575 e. The minimum atomic E-state index is 0.253. The molecule has 74 valence electrons. The van der Waals surface area contributed by atoms with Crippen LogP contribution in [-0.4, -0.2) is 24.3 Å². The predicted molar refractivity (Wildman–Crippen MR) is 53.0 cm³/mol. The van der Waals surface area contributed by atoms with E-state index >= 15 is 0 Å². The van der Waals surface area contributed by atoms with Crippen molar-refractivity contribution >= 4 is 0 Å². The molecule has 0 aliphatic heterocycles. The lowest BCUT2D eigenvalue weighted by atomic mass is 9.89. The molecule has 12 heavy (non-hydrogen) atoms. The van der Waals surface area contributed by atoms with E-state index in [1.807, 2.05) is 0 Å². The van der Waals surface area contributed by atoms with Gasteiger partial charge in [0.15, 0.2) is 0 Å². The fourth-order valence-electron chi connectivity index (χ4n) is 1.94. The van der Waals surface area contributed by atoms with Gasteiger partial charge in [-0.3, -0.25) is 0 Å². The van der Waals surface area contributed by atoms with E-state index in [-0.39, 0.29) is 5.54 Å². The van der Waals surface area contributed by atoms with E-state index in [9.17, 15) is 0 Å². The Hall–Kier alpha value is -0.0800. The highest BCUT2D eigenvalue weighted by atomic mass is 16.7. The van der Waals surface area contributed by atoms with Crippen molar-refractivity contribution in [3.8, 4) is 0 Å². The molecule has 0 spiro atoms. The summed E-state index contributed by atoms with van der Waals surface area (Å²) in [6, 6.07) is 0. The maximum absolute atomic E-state index is 5.37. The fourth-order valence-corrected chi connectivity index (χ4v) is 1.94. The first-order valence-corrected chi connectivity index (χ1v) is 5.02. The molecule has 2 heteroatoms. The zero-order valence-electron chi connectivity index (χ0n) is 9.18. The van der Waals surface area contributed by atoms with E-state index in [1.54, 1.807) is 7.11 Å². The van der Waals surface area contributed by atoms with E-state index in [1.165, 1.54) is 0 Å². The van der Waals surface area contributed by atoms with Crippen LogP contribution in [0.1, 0.15) is 47.0 Å². The Labute approximate surface area is 76.9 Å². The minimum absolute atomic E-state index is 0.253. The molecule has 0 bridgehead atoms. The molecule has 0 aromatic rings. The zero-order chi connectivity index (χ0) is 9.61. The third kappa shape index (κ3) is 2.20. The minimum Gasteiger partial charge on any atom is -0.302 e. The molecule has 0 aliphatic carbocycles. The third-order valence-electron chi connectivity index (χ3n) is 3.01. The zero-order valence-corrected chi connectivity index (χ0v) is 9.18. The molecule has 0 rings (SSSR count). The van der Waals surface area contributed by atoms with Crippen molar-refractivity contribution in [1.82, 2.24) is 5.06 Å². The Morgan fingerprint density at radius 1 is 1.00 bits per heavy atom. The van der Waals surface area contributed by atoms with Crippen molar-refractivity contribution in [2.75, 3.05) is 13.7 Å². The Kier molecular flexibility index (Phi) is 5.51. The van der Waals surface area contributed by atoms with E-state index < -0.39 is 0 Å². The molecule has 0 fully saturated rings. The van der Waals surface area contributed by atoms with Crippen LogP contribution < -0.4 is 0 Å². The smallest absolute Gasteiger partial charge is 0.0575 e. The number of rotatable bonds is 6. The van der Waals surface area contributed by atoms with Gasteiger partial charge in [0.25, 0.3) is 0 Å². The van der Waals surface area contributed by atoms with Crippen molar-refractivity contribution < 1.29 is 4.84 Å². The summed E-state index contributed by atoms with van der Waals surface area (Å²) < 4.78 is 0. The highest BCUT2D eigenvalue weighted by Gasteiger charge is 2.30. The van der Waals surface area contributed by atoms with Gasteiger partial charge in [0.05, 0.1) is 7.11 Å². The van der Waals surface area contributed by atoms with E-state index in [0.717, 1.165) is 25.8 Å². The van der Waals surface area contributed by atoms with E-state index in [0.29, 0.717) is 0 Å². The lowest BCUT2D eigenvalue weighted by Gasteiger charge is -2.40. The summed E-state index contributed by atoms with van der Waals surface area (Å²) in [6.07, 6.45) is 3.46. The molecular formula is C10H23NO. The SMILES string of the molecule is CCN(OC)C(CC)(CC)CC. The second-order valence-electron chi connectivity index (χ2n) is 3.16. The molecule has 0 aromatic heterocycles. The molecule has 0 saturated carbocycles. The van der Waals surface area contributed by atoms with Gasteiger partial charge < -0.3 is 4.84 Å². The van der Waals surface area contributed by atoms with Crippen molar-refractivity contribution in [2.45, 2.75) is 52.5 Å². The van der Waals surface area contributed by atoms with Crippen LogP contribution in [-0.2, 0) is 4.84 Å². The Bertz CT molecular complexity index is 98.1. The summed E-state index contributed by atoms with van der Waals surface area (Å²) in [5.74, 6) is 0. The average molecular weight is 173 g/mol. The van der Waals surface area contributed by atoms with Crippen molar-refractivity contribution in [1.29, 1.82) is 0 Å². The summed E-state index contributed by atoms with van der Waals surface area (Å²) in [5, 5.41) is 2.10. The van der Waals surface area contributed by atoms with Crippen LogP contribution in [0.25, 0.3) is 0 Å². The molecular weight excluding hydrogens is 150 g/mol. The third-order valence-corrected chi connectivity index (χ3v) is 3.01. The molecule has 0 aliphatic rings. The normalized spacial score (nSPS) is 12.5. The lowest BCUT2D eigenvalue weighted by Crippen LogP contribution is -2.46. The van der Waals surface area contributed by atoms with Crippen LogP contribution in [0.2, 0.25) is 0 Å². The molecule has 0 aromatic carbocycles. The topological polar surface area (TPSA) is 12.5 Å². The Morgan fingerprint density at radius 3 is 1.50 bits per heavy atom. The first-order chi connectivity index (χ1) is 5.70. The van der Waals surface area contributed by atoms with E-state index in [4.69, 9.17) is 4.84 Å². The molecule has 0 atom stereocenters. The Morgan fingerprint density at radius 2 is 1.42 bits per heavy atom. The van der Waals surface area contributed by atoms with Gasteiger partial charge in [0.2, 0.25) is 0 Å². The standard InChI is InChI=1S/C10H23NO/c1-6-10(7-2,8-3)11(9-4)12-5/h6-9H2,1-5H3. The van der Waals surface area contributed by atoms with Gasteiger partial charge >= 0.3 is 0 Å². The molecule has 0 radical (unpaired) electrons. The summed E-state index contributed by atoms with van der Waals surface area (Å²) in [7, 11) is 1.76. The number of hydrogen-bond acceptors (Lipinski definition) is 2. The fraction of sp³-hybridized carbons (Fsp3) is 1.00. The van der Waals surface area contributed by atoms with Gasteiger partial charge in [-0.1, -0.05) is 27.7 Å². The lowest BCUT2D eigenvalue weighted by molar-refractivity contribution is -0.203. The maximum atomic E-state index is 5.37. The predicted octanol–water partition coefficient (Wildman–Crippen LogP) is 2.84. The van der Waals surface area contributed by atoms with Crippen LogP contribution in [0.5, 0.6) is 0 Å². The summed E-state index contributed by atoms with van der Waals surface area (Å²) in [4.78, 5) is 5.37. The second kappa shape index (κ2) is 5.55. The van der Waals surface area contributed by atoms with Crippen LogP contribution in [0, 0.1) is 0 Å². The van der Waals surface area contributed by atoms with Gasteiger partial charge in [0, 0.05) is 12.1 Å². The summed E-state index contributed by atoms with van der Waals surface area (Å²) >= 11 is 0. The molecule has 0 amide bonds. The number of hydroxylamine groups is 2. The highest BCUT2D eigenvalue weighted by molar-refractivity contribution is 4.82. The Balaban J connectivity index is 4.42. The van der Waals surface area contributed by atoms with Crippen LogP contribution in [0.3, 0.4) is 0 Å². The van der Waals surface area contributed by atoms with Crippen molar-refractivity contribution in [2.24, 2.45) is 0 Å².